The number of piperidine rings is 2. The molecule has 2 saturated heterocycles. The van der Waals surface area contributed by atoms with Gasteiger partial charge in [-0.1, -0.05) is 13.8 Å². The van der Waals surface area contributed by atoms with Gasteiger partial charge in [0, 0.05) is 31.2 Å². The highest BCUT2D eigenvalue weighted by atomic mass is 15.2. The second-order valence-corrected chi connectivity index (χ2v) is 6.30. The third-order valence-corrected chi connectivity index (χ3v) is 4.75. The zero-order valence-electron chi connectivity index (χ0n) is 11.4. The Labute approximate surface area is 101 Å². The number of likely N-dealkylation sites (tertiary alicyclic amines) is 1. The summed E-state index contributed by atoms with van der Waals surface area (Å²) in [5.41, 5.74) is 0. The average molecular weight is 224 g/mol. The fourth-order valence-electron chi connectivity index (χ4n) is 3.51. The molecule has 2 aliphatic heterocycles. The van der Waals surface area contributed by atoms with Crippen LogP contribution in [0.15, 0.2) is 0 Å². The molecule has 0 saturated carbocycles. The minimum absolute atomic E-state index is 0.728. The number of nitrogens with zero attached hydrogens (tertiary/aromatic N) is 1. The monoisotopic (exact) mass is 224 g/mol. The fraction of sp³-hybridized carbons (Fsp3) is 1.00. The molecule has 0 aromatic carbocycles. The molecule has 1 N–H and O–H groups in total. The molecule has 5 unspecified atom stereocenters. The summed E-state index contributed by atoms with van der Waals surface area (Å²) in [6, 6.07) is 2.29. The summed E-state index contributed by atoms with van der Waals surface area (Å²) in [6.07, 6.45) is 4.14. The molecule has 0 aromatic rings. The molecule has 2 aliphatic rings. The second kappa shape index (κ2) is 5.05. The molecule has 0 bridgehead atoms. The van der Waals surface area contributed by atoms with E-state index in [0.29, 0.717) is 0 Å². The van der Waals surface area contributed by atoms with E-state index in [1.165, 1.54) is 32.4 Å². The summed E-state index contributed by atoms with van der Waals surface area (Å²) in [7, 11) is 0. The first kappa shape index (κ1) is 12.4. The Morgan fingerprint density at radius 3 is 2.44 bits per heavy atom. The van der Waals surface area contributed by atoms with E-state index in [-0.39, 0.29) is 0 Å². The summed E-state index contributed by atoms with van der Waals surface area (Å²) >= 11 is 0. The number of hydrogen-bond donors (Lipinski definition) is 1. The molecular formula is C14H28N2. The molecule has 2 heterocycles. The van der Waals surface area contributed by atoms with Crippen LogP contribution in [0.25, 0.3) is 0 Å². The molecule has 16 heavy (non-hydrogen) atoms. The minimum Gasteiger partial charge on any atom is -0.313 e. The lowest BCUT2D eigenvalue weighted by atomic mass is 9.84. The molecule has 0 spiro atoms. The molecule has 2 fully saturated rings. The Bertz CT molecular complexity index is 221. The fourth-order valence-corrected chi connectivity index (χ4v) is 3.51. The maximum atomic E-state index is 3.64. The van der Waals surface area contributed by atoms with Crippen LogP contribution < -0.4 is 5.32 Å². The molecule has 0 aliphatic carbocycles. The zero-order valence-corrected chi connectivity index (χ0v) is 11.4. The lowest BCUT2D eigenvalue weighted by molar-refractivity contribution is 0.0273. The van der Waals surface area contributed by atoms with Crippen LogP contribution >= 0.6 is 0 Å². The van der Waals surface area contributed by atoms with E-state index in [2.05, 4.69) is 37.9 Å². The van der Waals surface area contributed by atoms with Crippen LogP contribution in [-0.4, -0.2) is 36.1 Å². The number of nitrogens with one attached hydrogen (secondary N) is 1. The molecule has 0 amide bonds. The lowest BCUT2D eigenvalue weighted by Crippen LogP contribution is -2.56. The maximum Gasteiger partial charge on any atom is 0.0224 e. The normalized spacial score (nSPS) is 46.9. The maximum absolute atomic E-state index is 3.64. The van der Waals surface area contributed by atoms with Crippen LogP contribution in [0.4, 0.5) is 0 Å². The Balaban J connectivity index is 1.96. The van der Waals surface area contributed by atoms with Gasteiger partial charge in [0.1, 0.15) is 0 Å². The van der Waals surface area contributed by atoms with Crippen molar-refractivity contribution in [1.82, 2.24) is 10.2 Å². The van der Waals surface area contributed by atoms with Crippen LogP contribution in [0.2, 0.25) is 0 Å². The van der Waals surface area contributed by atoms with Crippen LogP contribution in [-0.2, 0) is 0 Å². The van der Waals surface area contributed by atoms with Gasteiger partial charge in [0.05, 0.1) is 0 Å². The molecule has 5 atom stereocenters. The quantitative estimate of drug-likeness (QED) is 0.736. The Morgan fingerprint density at radius 2 is 1.81 bits per heavy atom. The molecule has 2 rings (SSSR count). The van der Waals surface area contributed by atoms with E-state index in [1.807, 2.05) is 0 Å². The summed E-state index contributed by atoms with van der Waals surface area (Å²) < 4.78 is 0. The molecule has 0 aromatic heterocycles. The highest BCUT2D eigenvalue weighted by Gasteiger charge is 2.34. The topological polar surface area (TPSA) is 15.3 Å². The van der Waals surface area contributed by atoms with Gasteiger partial charge >= 0.3 is 0 Å². The van der Waals surface area contributed by atoms with E-state index in [1.54, 1.807) is 0 Å². The van der Waals surface area contributed by atoms with E-state index < -0.39 is 0 Å². The third kappa shape index (κ3) is 2.60. The first-order chi connectivity index (χ1) is 7.58. The van der Waals surface area contributed by atoms with Crippen LogP contribution in [0.1, 0.15) is 47.0 Å². The van der Waals surface area contributed by atoms with Crippen molar-refractivity contribution in [3.63, 3.8) is 0 Å². The number of rotatable bonds is 1. The van der Waals surface area contributed by atoms with Gasteiger partial charge in [-0.2, -0.15) is 0 Å². The van der Waals surface area contributed by atoms with Crippen molar-refractivity contribution in [3.8, 4) is 0 Å². The Morgan fingerprint density at radius 1 is 1.06 bits per heavy atom. The first-order valence-electron chi connectivity index (χ1n) is 7.07. The highest BCUT2D eigenvalue weighted by molar-refractivity contribution is 4.90. The van der Waals surface area contributed by atoms with Gasteiger partial charge in [-0.25, -0.2) is 0 Å². The average Bonchev–Trinajstić information content (AvgIpc) is 2.25. The Hall–Kier alpha value is -0.0800. The van der Waals surface area contributed by atoms with Crippen LogP contribution in [0.5, 0.6) is 0 Å². The van der Waals surface area contributed by atoms with Crippen molar-refractivity contribution in [1.29, 1.82) is 0 Å². The second-order valence-electron chi connectivity index (χ2n) is 6.30. The van der Waals surface area contributed by atoms with E-state index in [4.69, 9.17) is 0 Å². The van der Waals surface area contributed by atoms with Crippen molar-refractivity contribution in [2.24, 2.45) is 11.8 Å². The van der Waals surface area contributed by atoms with Crippen molar-refractivity contribution >= 4 is 0 Å². The first-order valence-corrected chi connectivity index (χ1v) is 7.07. The van der Waals surface area contributed by atoms with Gasteiger partial charge in [-0.3, -0.25) is 4.90 Å². The van der Waals surface area contributed by atoms with Gasteiger partial charge < -0.3 is 5.32 Å². The molecule has 94 valence electrons. The van der Waals surface area contributed by atoms with Crippen LogP contribution in [0.3, 0.4) is 0 Å². The van der Waals surface area contributed by atoms with Crippen molar-refractivity contribution in [2.75, 3.05) is 13.1 Å². The van der Waals surface area contributed by atoms with Crippen molar-refractivity contribution < 1.29 is 0 Å². The number of hydrogen-bond acceptors (Lipinski definition) is 2. The summed E-state index contributed by atoms with van der Waals surface area (Å²) in [5.74, 6) is 1.74. The van der Waals surface area contributed by atoms with Gasteiger partial charge in [-0.05, 0) is 44.9 Å². The Kier molecular flexibility index (Phi) is 3.91. The van der Waals surface area contributed by atoms with E-state index in [9.17, 15) is 0 Å². The molecule has 0 radical (unpaired) electrons. The summed E-state index contributed by atoms with van der Waals surface area (Å²) in [5, 5.41) is 3.64. The van der Waals surface area contributed by atoms with Crippen LogP contribution in [0, 0.1) is 11.8 Å². The summed E-state index contributed by atoms with van der Waals surface area (Å²) in [6.45, 7) is 12.1. The highest BCUT2D eigenvalue weighted by Crippen LogP contribution is 2.30. The molecular weight excluding hydrogens is 196 g/mol. The molecule has 2 heteroatoms. The minimum atomic E-state index is 0.728. The van der Waals surface area contributed by atoms with Crippen molar-refractivity contribution in [3.05, 3.63) is 0 Å². The van der Waals surface area contributed by atoms with Crippen molar-refractivity contribution in [2.45, 2.75) is 65.1 Å². The van der Waals surface area contributed by atoms with Gasteiger partial charge in [0.25, 0.3) is 0 Å². The predicted molar refractivity (Wildman–Crippen MR) is 69.6 cm³/mol. The third-order valence-electron chi connectivity index (χ3n) is 4.75. The largest absolute Gasteiger partial charge is 0.313 e. The van der Waals surface area contributed by atoms with E-state index >= 15 is 0 Å². The molecule has 2 nitrogen and oxygen atoms in total. The predicted octanol–water partition coefficient (Wildman–Crippen LogP) is 2.49. The zero-order chi connectivity index (χ0) is 11.7. The SMILES string of the molecule is CC1CC(C)C(C)N(C2CCC(C)NC2)C1. The van der Waals surface area contributed by atoms with Gasteiger partial charge in [0.2, 0.25) is 0 Å². The standard InChI is InChI=1S/C14H28N2/c1-10-7-11(2)13(4)16(9-10)14-6-5-12(3)15-8-14/h10-15H,5-9H2,1-4H3. The van der Waals surface area contributed by atoms with Gasteiger partial charge in [0.15, 0.2) is 0 Å². The van der Waals surface area contributed by atoms with E-state index in [0.717, 1.165) is 30.0 Å². The smallest absolute Gasteiger partial charge is 0.0224 e. The summed E-state index contributed by atoms with van der Waals surface area (Å²) in [4.78, 5) is 2.78. The lowest BCUT2D eigenvalue weighted by Gasteiger charge is -2.47. The van der Waals surface area contributed by atoms with Gasteiger partial charge in [-0.15, -0.1) is 0 Å².